The summed E-state index contributed by atoms with van der Waals surface area (Å²) in [4.78, 5) is 45.5. The van der Waals surface area contributed by atoms with Gasteiger partial charge in [-0.25, -0.2) is 0 Å². The minimum absolute atomic E-state index is 0.0725. The molecule has 2 aromatic carbocycles. The van der Waals surface area contributed by atoms with Crippen LogP contribution in [-0.2, 0) is 16.1 Å². The maximum absolute atomic E-state index is 12.5. The number of amides is 3. The average Bonchev–Trinajstić information content (AvgIpc) is 3.50. The Hall–Kier alpha value is -3.17. The molecule has 3 amide bonds. The molecule has 1 atom stereocenters. The Morgan fingerprint density at radius 2 is 1.80 bits per heavy atom. The smallest absolute Gasteiger partial charge is 0.262 e. The van der Waals surface area contributed by atoms with Crippen molar-refractivity contribution in [1.82, 2.24) is 15.1 Å². The zero-order valence-corrected chi connectivity index (χ0v) is 20.7. The van der Waals surface area contributed by atoms with E-state index in [1.54, 1.807) is 24.3 Å². The molecule has 4 rings (SSSR count). The Balaban J connectivity index is 1.18. The molecule has 0 saturated carbocycles. The number of nitrogens with zero attached hydrogens (tertiary/aromatic N) is 3. The molecule has 2 N–H and O–H groups in total. The van der Waals surface area contributed by atoms with E-state index in [0.29, 0.717) is 17.8 Å². The van der Waals surface area contributed by atoms with Gasteiger partial charge in [0.25, 0.3) is 11.8 Å². The number of hydrogen-bond acceptors (Lipinski definition) is 6. The number of likely N-dealkylation sites (tertiary alicyclic amines) is 1. The molecule has 0 aromatic heterocycles. The molecule has 0 bridgehead atoms. The van der Waals surface area contributed by atoms with Crippen molar-refractivity contribution in [3.8, 4) is 0 Å². The predicted octanol–water partition coefficient (Wildman–Crippen LogP) is 2.97. The van der Waals surface area contributed by atoms with E-state index in [4.69, 9.17) is 0 Å². The lowest BCUT2D eigenvalue weighted by atomic mass is 10.2. The molecule has 0 spiro atoms. The summed E-state index contributed by atoms with van der Waals surface area (Å²) in [5.41, 5.74) is 2.35. The first-order valence-electron chi connectivity index (χ1n) is 11.9. The molecular weight excluding hydrogens is 462 g/mol. The minimum Gasteiger partial charge on any atom is -0.351 e. The van der Waals surface area contributed by atoms with E-state index in [1.165, 1.54) is 17.3 Å². The summed E-state index contributed by atoms with van der Waals surface area (Å²) < 4.78 is 0. The number of rotatable bonds is 9. The van der Waals surface area contributed by atoms with Gasteiger partial charge in [0, 0.05) is 50.4 Å². The van der Waals surface area contributed by atoms with Crippen LogP contribution >= 0.6 is 11.8 Å². The third-order valence-electron chi connectivity index (χ3n) is 5.98. The first-order chi connectivity index (χ1) is 17.0. The summed E-state index contributed by atoms with van der Waals surface area (Å²) in [6.07, 6.45) is 2.29. The third kappa shape index (κ3) is 7.16. The molecule has 2 aliphatic heterocycles. The number of thioether (sulfide) groups is 1. The van der Waals surface area contributed by atoms with Gasteiger partial charge in [-0.3, -0.25) is 14.4 Å². The average molecular weight is 494 g/mol. The molecule has 2 aromatic rings. The van der Waals surface area contributed by atoms with Crippen molar-refractivity contribution in [2.75, 3.05) is 38.5 Å². The van der Waals surface area contributed by atoms with Crippen LogP contribution in [0.25, 0.3) is 0 Å². The fraction of sp³-hybridized carbons (Fsp3) is 0.385. The van der Waals surface area contributed by atoms with Gasteiger partial charge >= 0.3 is 0 Å². The number of amidine groups is 1. The molecule has 1 saturated heterocycles. The van der Waals surface area contributed by atoms with E-state index in [-0.39, 0.29) is 24.1 Å². The number of carbonyl (C=O) groups is 3. The highest BCUT2D eigenvalue weighted by Crippen LogP contribution is 2.29. The molecule has 1 unspecified atom stereocenters. The fourth-order valence-electron chi connectivity index (χ4n) is 4.07. The van der Waals surface area contributed by atoms with E-state index in [1.807, 2.05) is 25.2 Å². The van der Waals surface area contributed by atoms with Gasteiger partial charge < -0.3 is 20.4 Å². The second-order valence-electron chi connectivity index (χ2n) is 8.84. The van der Waals surface area contributed by atoms with Crippen molar-refractivity contribution in [2.45, 2.75) is 31.1 Å². The first kappa shape index (κ1) is 24.9. The number of anilines is 1. The van der Waals surface area contributed by atoms with Gasteiger partial charge in [-0.2, -0.15) is 4.99 Å². The van der Waals surface area contributed by atoms with Crippen LogP contribution in [0.5, 0.6) is 0 Å². The summed E-state index contributed by atoms with van der Waals surface area (Å²) in [6, 6.07) is 17.0. The summed E-state index contributed by atoms with van der Waals surface area (Å²) >= 11 is 1.38. The molecule has 1 fully saturated rings. The molecule has 2 aliphatic rings. The van der Waals surface area contributed by atoms with Crippen molar-refractivity contribution < 1.29 is 14.4 Å². The van der Waals surface area contributed by atoms with Gasteiger partial charge in [-0.15, -0.1) is 0 Å². The van der Waals surface area contributed by atoms with E-state index in [9.17, 15) is 14.4 Å². The quantitative estimate of drug-likeness (QED) is 0.558. The highest BCUT2D eigenvalue weighted by molar-refractivity contribution is 8.15. The van der Waals surface area contributed by atoms with Crippen molar-refractivity contribution in [3.05, 3.63) is 65.7 Å². The summed E-state index contributed by atoms with van der Waals surface area (Å²) in [7, 11) is 2.02. The standard InChI is InChI=1S/C26H31N5O3S/c1-30(18-19-7-3-2-4-8-19)16-13-27-24(33)20-9-11-21(12-10-20)28-23(32)17-22-25(34)29-26(35-22)31-14-5-6-15-31/h2-4,7-12,22H,5-6,13-18H2,1H3,(H,27,33)(H,28,32). The number of aliphatic imine (C=N–C) groups is 1. The Kier molecular flexibility index (Phi) is 8.54. The second-order valence-corrected chi connectivity index (χ2v) is 10.0. The van der Waals surface area contributed by atoms with E-state index >= 15 is 0 Å². The second kappa shape index (κ2) is 12.0. The van der Waals surface area contributed by atoms with Crippen LogP contribution in [0.1, 0.15) is 35.2 Å². The van der Waals surface area contributed by atoms with Crippen LogP contribution in [0.4, 0.5) is 5.69 Å². The lowest BCUT2D eigenvalue weighted by Crippen LogP contribution is -2.32. The molecule has 0 aliphatic carbocycles. The van der Waals surface area contributed by atoms with E-state index in [2.05, 4.69) is 37.6 Å². The number of hydrogen-bond donors (Lipinski definition) is 2. The predicted molar refractivity (Wildman–Crippen MR) is 139 cm³/mol. The topological polar surface area (TPSA) is 94.1 Å². The summed E-state index contributed by atoms with van der Waals surface area (Å²) in [6.45, 7) is 3.93. The number of benzene rings is 2. The van der Waals surface area contributed by atoms with Gasteiger partial charge in [-0.1, -0.05) is 42.1 Å². The van der Waals surface area contributed by atoms with Gasteiger partial charge in [-0.05, 0) is 49.7 Å². The van der Waals surface area contributed by atoms with Gasteiger partial charge in [0.2, 0.25) is 5.91 Å². The molecule has 9 heteroatoms. The zero-order valence-electron chi connectivity index (χ0n) is 19.9. The Morgan fingerprint density at radius 1 is 1.09 bits per heavy atom. The Labute approximate surface area is 210 Å². The van der Waals surface area contributed by atoms with E-state index in [0.717, 1.165) is 44.2 Å². The van der Waals surface area contributed by atoms with E-state index < -0.39 is 5.25 Å². The molecule has 8 nitrogen and oxygen atoms in total. The highest BCUT2D eigenvalue weighted by atomic mass is 32.2. The van der Waals surface area contributed by atoms with Crippen LogP contribution in [-0.4, -0.2) is 71.2 Å². The number of nitrogens with one attached hydrogen (secondary N) is 2. The monoisotopic (exact) mass is 493 g/mol. The largest absolute Gasteiger partial charge is 0.351 e. The van der Waals surface area contributed by atoms with Gasteiger partial charge in [0.1, 0.15) is 5.25 Å². The van der Waals surface area contributed by atoms with Crippen LogP contribution in [0, 0.1) is 0 Å². The van der Waals surface area contributed by atoms with Crippen molar-refractivity contribution in [2.24, 2.45) is 4.99 Å². The maximum Gasteiger partial charge on any atom is 0.262 e. The van der Waals surface area contributed by atoms with Crippen LogP contribution in [0.2, 0.25) is 0 Å². The fourth-order valence-corrected chi connectivity index (χ4v) is 5.19. The molecular formula is C26H31N5O3S. The first-order valence-corrected chi connectivity index (χ1v) is 12.8. The normalized spacial score (nSPS) is 17.5. The summed E-state index contributed by atoms with van der Waals surface area (Å²) in [5.74, 6) is -0.642. The Bertz CT molecular complexity index is 1070. The van der Waals surface area contributed by atoms with Crippen LogP contribution < -0.4 is 10.6 Å². The zero-order chi connectivity index (χ0) is 24.6. The number of carbonyl (C=O) groups excluding carboxylic acids is 3. The Morgan fingerprint density at radius 3 is 2.51 bits per heavy atom. The molecule has 35 heavy (non-hydrogen) atoms. The summed E-state index contributed by atoms with van der Waals surface area (Å²) in [5, 5.41) is 6.01. The van der Waals surface area contributed by atoms with Crippen molar-refractivity contribution >= 4 is 40.3 Å². The lowest BCUT2D eigenvalue weighted by Gasteiger charge is -2.17. The lowest BCUT2D eigenvalue weighted by molar-refractivity contribution is -0.121. The van der Waals surface area contributed by atoms with Gasteiger partial charge in [0.05, 0.1) is 0 Å². The third-order valence-corrected chi connectivity index (χ3v) is 7.19. The van der Waals surface area contributed by atoms with Crippen molar-refractivity contribution in [3.63, 3.8) is 0 Å². The van der Waals surface area contributed by atoms with Gasteiger partial charge in [0.15, 0.2) is 5.17 Å². The SMILES string of the molecule is CN(CCNC(=O)c1ccc(NC(=O)CC2SC(N3CCCC3)=NC2=O)cc1)Cc1ccccc1. The number of likely N-dealkylation sites (N-methyl/N-ethyl adjacent to an activating group) is 1. The molecule has 0 radical (unpaired) electrons. The van der Waals surface area contributed by atoms with Crippen LogP contribution in [0.3, 0.4) is 0 Å². The molecule has 184 valence electrons. The molecule has 2 heterocycles. The minimum atomic E-state index is -0.476. The maximum atomic E-state index is 12.5. The highest BCUT2D eigenvalue weighted by Gasteiger charge is 2.33. The van der Waals surface area contributed by atoms with Crippen molar-refractivity contribution in [1.29, 1.82) is 0 Å². The van der Waals surface area contributed by atoms with Crippen LogP contribution in [0.15, 0.2) is 59.6 Å².